The molecule has 0 aliphatic heterocycles. The van der Waals surface area contributed by atoms with E-state index in [0.29, 0.717) is 15.7 Å². The second-order valence-electron chi connectivity index (χ2n) is 4.91. The van der Waals surface area contributed by atoms with E-state index in [9.17, 15) is 9.59 Å². The molecule has 1 atom stereocenters. The number of hydrogen-bond acceptors (Lipinski definition) is 6. The molecule has 0 fully saturated rings. The molecule has 0 spiro atoms. The highest BCUT2D eigenvalue weighted by Gasteiger charge is 2.18. The van der Waals surface area contributed by atoms with Gasteiger partial charge in [-0.15, -0.1) is 22.7 Å². The van der Waals surface area contributed by atoms with Crippen molar-refractivity contribution in [2.45, 2.75) is 13.0 Å². The Morgan fingerprint density at radius 3 is 2.71 bits per heavy atom. The Bertz CT molecular complexity index is 831. The second kappa shape index (κ2) is 7.33. The molecule has 122 valence electrons. The Balaban J connectivity index is 1.60. The van der Waals surface area contributed by atoms with E-state index in [1.807, 2.05) is 29.0 Å². The molecule has 8 heteroatoms. The fourth-order valence-electron chi connectivity index (χ4n) is 1.92. The van der Waals surface area contributed by atoms with Crippen LogP contribution in [0.25, 0.3) is 11.4 Å². The van der Waals surface area contributed by atoms with Crippen LogP contribution in [-0.2, 0) is 4.79 Å². The van der Waals surface area contributed by atoms with Crippen molar-refractivity contribution in [3.63, 3.8) is 0 Å². The first kappa shape index (κ1) is 16.3. The van der Waals surface area contributed by atoms with Crippen molar-refractivity contribution in [1.82, 2.24) is 15.3 Å². The third-order valence-corrected chi connectivity index (χ3v) is 4.77. The van der Waals surface area contributed by atoms with Crippen LogP contribution in [0.15, 0.2) is 47.3 Å². The first-order chi connectivity index (χ1) is 11.6. The van der Waals surface area contributed by atoms with E-state index < -0.39 is 6.04 Å². The first-order valence-corrected chi connectivity index (χ1v) is 8.91. The summed E-state index contributed by atoms with van der Waals surface area (Å²) in [5.41, 5.74) is 1.44. The van der Waals surface area contributed by atoms with Crippen LogP contribution in [0.3, 0.4) is 0 Å². The molecule has 0 saturated carbocycles. The summed E-state index contributed by atoms with van der Waals surface area (Å²) in [5, 5.41) is 9.49. The smallest absolute Gasteiger partial charge is 0.261 e. The number of rotatable bonds is 5. The van der Waals surface area contributed by atoms with Crippen molar-refractivity contribution in [1.29, 1.82) is 0 Å². The van der Waals surface area contributed by atoms with Crippen LogP contribution in [0.4, 0.5) is 5.13 Å². The van der Waals surface area contributed by atoms with Gasteiger partial charge in [-0.25, -0.2) is 4.98 Å². The third kappa shape index (κ3) is 3.84. The van der Waals surface area contributed by atoms with Crippen molar-refractivity contribution in [3.8, 4) is 11.4 Å². The Morgan fingerprint density at radius 1 is 1.12 bits per heavy atom. The molecule has 2 N–H and O–H groups in total. The first-order valence-electron chi connectivity index (χ1n) is 7.15. The number of hydrogen-bond donors (Lipinski definition) is 2. The van der Waals surface area contributed by atoms with Crippen molar-refractivity contribution in [3.05, 3.63) is 52.2 Å². The maximum atomic E-state index is 12.2. The van der Waals surface area contributed by atoms with Gasteiger partial charge in [0.25, 0.3) is 5.91 Å². The maximum absolute atomic E-state index is 12.2. The maximum Gasteiger partial charge on any atom is 0.261 e. The van der Waals surface area contributed by atoms with Gasteiger partial charge in [0.1, 0.15) is 11.7 Å². The van der Waals surface area contributed by atoms with Crippen molar-refractivity contribution < 1.29 is 9.59 Å². The standard InChI is InChI=1S/C16H14N4O2S2/c1-10(18-15(22)13-6-4-8-23-13)14(21)20-16-19-12(9-24-16)11-5-2-3-7-17-11/h2-10H,1H3,(H,18,22)(H,19,20,21)/t10-/m0/s1. The normalized spacial score (nSPS) is 11.7. The van der Waals surface area contributed by atoms with Gasteiger partial charge in [0, 0.05) is 11.6 Å². The van der Waals surface area contributed by atoms with Crippen LogP contribution in [0.5, 0.6) is 0 Å². The van der Waals surface area contributed by atoms with Crippen LogP contribution in [-0.4, -0.2) is 27.8 Å². The lowest BCUT2D eigenvalue weighted by molar-refractivity contribution is -0.117. The molecule has 0 aliphatic rings. The summed E-state index contributed by atoms with van der Waals surface area (Å²) in [5.74, 6) is -0.581. The minimum atomic E-state index is -0.665. The molecule has 0 aliphatic carbocycles. The molecule has 3 aromatic heterocycles. The van der Waals surface area contributed by atoms with Crippen LogP contribution >= 0.6 is 22.7 Å². The van der Waals surface area contributed by atoms with Crippen LogP contribution in [0, 0.1) is 0 Å². The number of carbonyl (C=O) groups is 2. The third-order valence-electron chi connectivity index (χ3n) is 3.15. The van der Waals surface area contributed by atoms with Crippen LogP contribution in [0.2, 0.25) is 0 Å². The summed E-state index contributed by atoms with van der Waals surface area (Å²) in [4.78, 5) is 33.3. The van der Waals surface area contributed by atoms with Gasteiger partial charge in [0.2, 0.25) is 5.91 Å². The fourth-order valence-corrected chi connectivity index (χ4v) is 3.25. The monoisotopic (exact) mass is 358 g/mol. The minimum Gasteiger partial charge on any atom is -0.340 e. The molecule has 0 aromatic carbocycles. The van der Waals surface area contributed by atoms with Gasteiger partial charge < -0.3 is 10.6 Å². The summed E-state index contributed by atoms with van der Waals surface area (Å²) < 4.78 is 0. The van der Waals surface area contributed by atoms with Gasteiger partial charge >= 0.3 is 0 Å². The van der Waals surface area contributed by atoms with Crippen LogP contribution in [0.1, 0.15) is 16.6 Å². The fraction of sp³-hybridized carbons (Fsp3) is 0.125. The van der Waals surface area contributed by atoms with Gasteiger partial charge in [-0.1, -0.05) is 12.1 Å². The molecule has 0 radical (unpaired) electrons. The number of nitrogens with zero attached hydrogens (tertiary/aromatic N) is 2. The Hall–Kier alpha value is -2.58. The van der Waals surface area contributed by atoms with E-state index >= 15 is 0 Å². The largest absolute Gasteiger partial charge is 0.340 e. The lowest BCUT2D eigenvalue weighted by Gasteiger charge is -2.12. The van der Waals surface area contributed by atoms with Gasteiger partial charge in [-0.2, -0.15) is 0 Å². The van der Waals surface area contributed by atoms with E-state index in [-0.39, 0.29) is 11.8 Å². The van der Waals surface area contributed by atoms with E-state index in [1.54, 1.807) is 25.3 Å². The number of aromatic nitrogens is 2. The lowest BCUT2D eigenvalue weighted by Crippen LogP contribution is -2.41. The second-order valence-corrected chi connectivity index (χ2v) is 6.72. The summed E-state index contributed by atoms with van der Waals surface area (Å²) in [7, 11) is 0. The number of thiophene rings is 1. The van der Waals surface area contributed by atoms with Gasteiger partial charge in [0.15, 0.2) is 5.13 Å². The molecule has 0 bridgehead atoms. The quantitative estimate of drug-likeness (QED) is 0.734. The lowest BCUT2D eigenvalue weighted by atomic mass is 10.3. The van der Waals surface area contributed by atoms with Gasteiger partial charge in [0.05, 0.1) is 10.6 Å². The van der Waals surface area contributed by atoms with E-state index in [4.69, 9.17) is 0 Å². The van der Waals surface area contributed by atoms with E-state index in [1.165, 1.54) is 22.7 Å². The number of carbonyl (C=O) groups excluding carboxylic acids is 2. The number of thiazole rings is 1. The summed E-state index contributed by atoms with van der Waals surface area (Å²) in [6.45, 7) is 1.63. The van der Waals surface area contributed by atoms with Gasteiger partial charge in [-0.05, 0) is 30.5 Å². The zero-order valence-electron chi connectivity index (χ0n) is 12.7. The number of pyridine rings is 1. The van der Waals surface area contributed by atoms with Crippen molar-refractivity contribution in [2.75, 3.05) is 5.32 Å². The molecule has 0 saturated heterocycles. The highest BCUT2D eigenvalue weighted by atomic mass is 32.1. The van der Waals surface area contributed by atoms with Crippen LogP contribution < -0.4 is 10.6 Å². The zero-order chi connectivity index (χ0) is 16.9. The van der Waals surface area contributed by atoms with Crippen molar-refractivity contribution in [2.24, 2.45) is 0 Å². The summed E-state index contributed by atoms with van der Waals surface area (Å²) in [6.07, 6.45) is 1.69. The number of anilines is 1. The SMILES string of the molecule is C[C@H](NC(=O)c1cccs1)C(=O)Nc1nc(-c2ccccn2)cs1. The van der Waals surface area contributed by atoms with Crippen molar-refractivity contribution >= 4 is 39.6 Å². The average molecular weight is 358 g/mol. The average Bonchev–Trinajstić information content (AvgIpc) is 3.27. The Kier molecular flexibility index (Phi) is 4.97. The molecule has 6 nitrogen and oxygen atoms in total. The molecule has 3 aromatic rings. The predicted molar refractivity (Wildman–Crippen MR) is 95.2 cm³/mol. The molecular formula is C16H14N4O2S2. The van der Waals surface area contributed by atoms with Gasteiger partial charge in [-0.3, -0.25) is 14.6 Å². The Morgan fingerprint density at radius 2 is 2.00 bits per heavy atom. The molecule has 3 rings (SSSR count). The predicted octanol–water partition coefficient (Wildman–Crippen LogP) is 3.02. The highest BCUT2D eigenvalue weighted by Crippen LogP contribution is 2.23. The molecule has 3 heterocycles. The summed E-state index contributed by atoms with van der Waals surface area (Å²) in [6, 6.07) is 8.40. The topological polar surface area (TPSA) is 84.0 Å². The highest BCUT2D eigenvalue weighted by molar-refractivity contribution is 7.14. The number of nitrogens with one attached hydrogen (secondary N) is 2. The molecule has 24 heavy (non-hydrogen) atoms. The molecular weight excluding hydrogens is 344 g/mol. The minimum absolute atomic E-state index is 0.263. The Labute approximate surface area is 146 Å². The van der Waals surface area contributed by atoms with E-state index in [2.05, 4.69) is 20.6 Å². The number of amides is 2. The molecule has 0 unspecified atom stereocenters. The van der Waals surface area contributed by atoms with E-state index in [0.717, 1.165) is 5.69 Å². The summed E-state index contributed by atoms with van der Waals surface area (Å²) >= 11 is 2.64. The molecule has 2 amide bonds. The zero-order valence-corrected chi connectivity index (χ0v) is 14.4.